The molecule has 3 rings (SSSR count). The van der Waals surface area contributed by atoms with E-state index in [4.69, 9.17) is 4.42 Å². The van der Waals surface area contributed by atoms with E-state index in [0.29, 0.717) is 12.3 Å². The van der Waals surface area contributed by atoms with E-state index in [1.54, 1.807) is 7.05 Å². The lowest BCUT2D eigenvalue weighted by Crippen LogP contribution is -2.38. The van der Waals surface area contributed by atoms with Gasteiger partial charge in [-0.05, 0) is 29.8 Å². The molecule has 0 radical (unpaired) electrons. The van der Waals surface area contributed by atoms with E-state index >= 15 is 0 Å². The van der Waals surface area contributed by atoms with Gasteiger partial charge in [-0.25, -0.2) is 0 Å². The molecule has 5 nitrogen and oxygen atoms in total. The average Bonchev–Trinajstić information content (AvgIpc) is 3.16. The molecule has 3 aromatic rings. The molecular formula is C22H21BrN2O3. The SMILES string of the molecule is CN(Cc1ccc(-c2ccc(Br)cc2)o1)C(=O)CNC(=O)Cc1ccccc1. The molecule has 2 aromatic carbocycles. The van der Waals surface area contributed by atoms with Crippen LogP contribution >= 0.6 is 15.9 Å². The molecule has 0 fully saturated rings. The van der Waals surface area contributed by atoms with Gasteiger partial charge in [0, 0.05) is 17.1 Å². The summed E-state index contributed by atoms with van der Waals surface area (Å²) in [7, 11) is 1.69. The Morgan fingerprint density at radius 1 is 1.00 bits per heavy atom. The molecule has 0 unspecified atom stereocenters. The first-order valence-corrected chi connectivity index (χ1v) is 9.70. The van der Waals surface area contributed by atoms with Crippen LogP contribution in [0.25, 0.3) is 11.3 Å². The molecule has 1 heterocycles. The third-order valence-electron chi connectivity index (χ3n) is 4.25. The van der Waals surface area contributed by atoms with Gasteiger partial charge in [0.15, 0.2) is 0 Å². The summed E-state index contributed by atoms with van der Waals surface area (Å²) in [5.41, 5.74) is 1.88. The van der Waals surface area contributed by atoms with Gasteiger partial charge in [-0.2, -0.15) is 0 Å². The van der Waals surface area contributed by atoms with Crippen LogP contribution in [-0.4, -0.2) is 30.3 Å². The summed E-state index contributed by atoms with van der Waals surface area (Å²) in [6.45, 7) is 0.298. The van der Waals surface area contributed by atoms with Crippen LogP contribution in [-0.2, 0) is 22.6 Å². The Morgan fingerprint density at radius 2 is 1.71 bits per heavy atom. The van der Waals surface area contributed by atoms with Crippen LogP contribution in [0.15, 0.2) is 75.6 Å². The lowest BCUT2D eigenvalue weighted by Gasteiger charge is -2.16. The number of nitrogens with one attached hydrogen (secondary N) is 1. The molecule has 2 amide bonds. The molecule has 0 aliphatic rings. The maximum Gasteiger partial charge on any atom is 0.242 e. The van der Waals surface area contributed by atoms with Crippen LogP contribution < -0.4 is 5.32 Å². The molecule has 144 valence electrons. The Morgan fingerprint density at radius 3 is 2.43 bits per heavy atom. The summed E-state index contributed by atoms with van der Waals surface area (Å²) < 4.78 is 6.84. The van der Waals surface area contributed by atoms with Crippen LogP contribution in [0.2, 0.25) is 0 Å². The number of carbonyl (C=O) groups excluding carboxylic acids is 2. The Balaban J connectivity index is 1.49. The zero-order chi connectivity index (χ0) is 19.9. The third-order valence-corrected chi connectivity index (χ3v) is 4.78. The second kappa shape index (κ2) is 9.37. The molecule has 0 spiro atoms. The van der Waals surface area contributed by atoms with Crippen molar-refractivity contribution in [2.24, 2.45) is 0 Å². The zero-order valence-corrected chi connectivity index (χ0v) is 17.1. The zero-order valence-electron chi connectivity index (χ0n) is 15.5. The lowest BCUT2D eigenvalue weighted by molar-refractivity contribution is -0.132. The van der Waals surface area contributed by atoms with E-state index in [9.17, 15) is 9.59 Å². The first-order valence-electron chi connectivity index (χ1n) is 8.90. The molecule has 0 saturated heterocycles. The topological polar surface area (TPSA) is 62.6 Å². The number of likely N-dealkylation sites (N-methyl/N-ethyl adjacent to an activating group) is 1. The summed E-state index contributed by atoms with van der Waals surface area (Å²) in [5, 5.41) is 2.67. The molecule has 0 atom stereocenters. The van der Waals surface area contributed by atoms with Crippen molar-refractivity contribution in [3.63, 3.8) is 0 Å². The third kappa shape index (κ3) is 5.57. The van der Waals surface area contributed by atoms with Gasteiger partial charge in [-0.1, -0.05) is 58.4 Å². The van der Waals surface area contributed by atoms with Gasteiger partial charge in [0.2, 0.25) is 11.8 Å². The molecule has 0 bridgehead atoms. The number of hydrogen-bond acceptors (Lipinski definition) is 3. The normalized spacial score (nSPS) is 10.5. The van der Waals surface area contributed by atoms with Crippen LogP contribution in [0.1, 0.15) is 11.3 Å². The van der Waals surface area contributed by atoms with Gasteiger partial charge < -0.3 is 14.6 Å². The highest BCUT2D eigenvalue weighted by Crippen LogP contribution is 2.24. The minimum Gasteiger partial charge on any atom is -0.459 e. The van der Waals surface area contributed by atoms with Crippen LogP contribution in [0, 0.1) is 0 Å². The Labute approximate surface area is 172 Å². The predicted molar refractivity (Wildman–Crippen MR) is 111 cm³/mol. The monoisotopic (exact) mass is 440 g/mol. The first-order chi connectivity index (χ1) is 13.5. The predicted octanol–water partition coefficient (Wildman–Crippen LogP) is 4.03. The van der Waals surface area contributed by atoms with Crippen LogP contribution in [0.5, 0.6) is 0 Å². The molecule has 1 aromatic heterocycles. The molecule has 0 saturated carbocycles. The fraction of sp³-hybridized carbons (Fsp3) is 0.182. The highest BCUT2D eigenvalue weighted by atomic mass is 79.9. The summed E-state index contributed by atoms with van der Waals surface area (Å²) in [6, 6.07) is 21.0. The van der Waals surface area contributed by atoms with Gasteiger partial charge in [-0.3, -0.25) is 9.59 Å². The van der Waals surface area contributed by atoms with Crippen molar-refractivity contribution in [2.75, 3.05) is 13.6 Å². The van der Waals surface area contributed by atoms with Crippen LogP contribution in [0.4, 0.5) is 0 Å². The first kappa shape index (κ1) is 19.9. The fourth-order valence-corrected chi connectivity index (χ4v) is 2.97. The number of rotatable bonds is 7. The highest BCUT2D eigenvalue weighted by molar-refractivity contribution is 9.10. The van der Waals surface area contributed by atoms with Crippen molar-refractivity contribution in [1.82, 2.24) is 10.2 Å². The molecular weight excluding hydrogens is 420 g/mol. The number of benzene rings is 2. The second-order valence-corrected chi connectivity index (χ2v) is 7.38. The van der Waals surface area contributed by atoms with E-state index in [2.05, 4.69) is 21.2 Å². The summed E-state index contributed by atoms with van der Waals surface area (Å²) >= 11 is 3.41. The number of carbonyl (C=O) groups is 2. The number of furan rings is 1. The largest absolute Gasteiger partial charge is 0.459 e. The Bertz CT molecular complexity index is 936. The number of amides is 2. The minimum atomic E-state index is -0.178. The van der Waals surface area contributed by atoms with Crippen molar-refractivity contribution < 1.29 is 14.0 Å². The van der Waals surface area contributed by atoms with Crippen molar-refractivity contribution in [1.29, 1.82) is 0 Å². The lowest BCUT2D eigenvalue weighted by atomic mass is 10.1. The van der Waals surface area contributed by atoms with E-state index in [1.807, 2.05) is 66.7 Å². The van der Waals surface area contributed by atoms with Crippen molar-refractivity contribution in [3.8, 4) is 11.3 Å². The Hall–Kier alpha value is -2.86. The molecule has 0 aliphatic carbocycles. The molecule has 1 N–H and O–H groups in total. The van der Waals surface area contributed by atoms with Gasteiger partial charge in [0.05, 0.1) is 19.5 Å². The summed E-state index contributed by atoms with van der Waals surface area (Å²) in [4.78, 5) is 25.8. The number of halogens is 1. The Kier molecular flexibility index (Phi) is 6.66. The maximum atomic E-state index is 12.3. The quantitative estimate of drug-likeness (QED) is 0.603. The number of hydrogen-bond donors (Lipinski definition) is 1. The highest BCUT2D eigenvalue weighted by Gasteiger charge is 2.13. The van der Waals surface area contributed by atoms with Gasteiger partial charge in [0.25, 0.3) is 0 Å². The number of nitrogens with zero attached hydrogens (tertiary/aromatic N) is 1. The molecule has 28 heavy (non-hydrogen) atoms. The second-order valence-electron chi connectivity index (χ2n) is 6.46. The van der Waals surface area contributed by atoms with E-state index in [0.717, 1.165) is 21.4 Å². The van der Waals surface area contributed by atoms with Crippen molar-refractivity contribution in [3.05, 3.63) is 82.5 Å². The van der Waals surface area contributed by atoms with E-state index in [1.165, 1.54) is 4.90 Å². The van der Waals surface area contributed by atoms with Gasteiger partial charge in [0.1, 0.15) is 11.5 Å². The van der Waals surface area contributed by atoms with Crippen molar-refractivity contribution >= 4 is 27.7 Å². The van der Waals surface area contributed by atoms with Crippen molar-refractivity contribution in [2.45, 2.75) is 13.0 Å². The minimum absolute atomic E-state index is 0.0392. The van der Waals surface area contributed by atoms with Gasteiger partial charge >= 0.3 is 0 Å². The smallest absolute Gasteiger partial charge is 0.242 e. The molecule has 6 heteroatoms. The molecule has 0 aliphatic heterocycles. The fourth-order valence-electron chi connectivity index (χ4n) is 2.71. The van der Waals surface area contributed by atoms with E-state index in [-0.39, 0.29) is 24.8 Å². The standard InChI is InChI=1S/C22H21BrN2O3/c1-25(22(27)14-24-21(26)13-16-5-3-2-4-6-16)15-19-11-12-20(28-19)17-7-9-18(23)10-8-17/h2-12H,13-15H2,1H3,(H,24,26). The van der Waals surface area contributed by atoms with Crippen LogP contribution in [0.3, 0.4) is 0 Å². The average molecular weight is 441 g/mol. The van der Waals surface area contributed by atoms with Gasteiger partial charge in [-0.15, -0.1) is 0 Å². The van der Waals surface area contributed by atoms with E-state index < -0.39 is 0 Å². The summed E-state index contributed by atoms with van der Waals surface area (Å²) in [5.74, 6) is 1.08. The maximum absolute atomic E-state index is 12.3. The summed E-state index contributed by atoms with van der Waals surface area (Å²) in [6.07, 6.45) is 0.257.